The smallest absolute Gasteiger partial charge is 0.271 e. The van der Waals surface area contributed by atoms with Gasteiger partial charge in [0.25, 0.3) is 5.91 Å². The number of rotatable bonds is 6. The second kappa shape index (κ2) is 7.47. The number of aromatic nitrogens is 2. The Labute approximate surface area is 135 Å². The number of amides is 1. The summed E-state index contributed by atoms with van der Waals surface area (Å²) in [6, 6.07) is 3.78. The minimum atomic E-state index is -0.164. The third-order valence-corrected chi connectivity index (χ3v) is 4.35. The van der Waals surface area contributed by atoms with E-state index in [4.69, 9.17) is 5.73 Å². The van der Waals surface area contributed by atoms with Crippen molar-refractivity contribution < 1.29 is 4.79 Å². The van der Waals surface area contributed by atoms with Gasteiger partial charge in [0.1, 0.15) is 5.69 Å². The van der Waals surface area contributed by atoms with Gasteiger partial charge >= 0.3 is 0 Å². The summed E-state index contributed by atoms with van der Waals surface area (Å²) < 4.78 is 0. The second-order valence-electron chi connectivity index (χ2n) is 5.57. The zero-order chi connectivity index (χ0) is 16.1. The molecule has 118 valence electrons. The summed E-state index contributed by atoms with van der Waals surface area (Å²) in [5, 5.41) is 5.73. The first-order chi connectivity index (χ1) is 10.5. The van der Waals surface area contributed by atoms with Gasteiger partial charge in [-0.1, -0.05) is 19.9 Å². The van der Waals surface area contributed by atoms with E-state index in [0.717, 1.165) is 16.3 Å². The van der Waals surface area contributed by atoms with Crippen LogP contribution in [0.3, 0.4) is 0 Å². The highest BCUT2D eigenvalue weighted by Crippen LogP contribution is 2.23. The molecule has 1 atom stereocenters. The van der Waals surface area contributed by atoms with E-state index in [1.807, 2.05) is 19.1 Å². The molecule has 0 saturated heterocycles. The molecular weight excluding hydrogens is 296 g/mol. The van der Waals surface area contributed by atoms with Gasteiger partial charge in [0, 0.05) is 18.0 Å². The maximum absolute atomic E-state index is 12.4. The molecule has 2 aromatic heterocycles. The average Bonchev–Trinajstić information content (AvgIpc) is 2.94. The molecule has 0 fully saturated rings. The van der Waals surface area contributed by atoms with Crippen LogP contribution in [0.1, 0.15) is 46.6 Å². The van der Waals surface area contributed by atoms with Crippen LogP contribution in [0, 0.1) is 12.8 Å². The molecule has 0 radical (unpaired) electrons. The van der Waals surface area contributed by atoms with Crippen molar-refractivity contribution in [1.29, 1.82) is 0 Å². The summed E-state index contributed by atoms with van der Waals surface area (Å²) in [5.41, 5.74) is 7.95. The van der Waals surface area contributed by atoms with Gasteiger partial charge in [-0.2, -0.15) is 0 Å². The molecule has 0 aromatic carbocycles. The number of nitrogens with one attached hydrogen (secondary N) is 1. The standard InChI is InChI=1S/C16H22N4OS/c1-10(2)14(15-11(3)5-4-8-18-15)20-16(21)12-9-22-13(19-12)6-7-17/h4-5,8-10,14H,6-7,17H2,1-3H3,(H,20,21). The monoisotopic (exact) mass is 318 g/mol. The van der Waals surface area contributed by atoms with Gasteiger partial charge in [-0.05, 0) is 31.0 Å². The lowest BCUT2D eigenvalue weighted by molar-refractivity contribution is 0.0919. The van der Waals surface area contributed by atoms with E-state index in [0.29, 0.717) is 18.7 Å². The molecule has 0 saturated carbocycles. The SMILES string of the molecule is Cc1cccnc1C(NC(=O)c1csc(CCN)n1)C(C)C. The highest BCUT2D eigenvalue weighted by atomic mass is 32.1. The van der Waals surface area contributed by atoms with Crippen LogP contribution in [0.15, 0.2) is 23.7 Å². The first kappa shape index (κ1) is 16.6. The first-order valence-electron chi connectivity index (χ1n) is 7.39. The Morgan fingerprint density at radius 1 is 1.45 bits per heavy atom. The average molecular weight is 318 g/mol. The lowest BCUT2D eigenvalue weighted by Gasteiger charge is -2.23. The van der Waals surface area contributed by atoms with E-state index in [-0.39, 0.29) is 17.9 Å². The second-order valence-corrected chi connectivity index (χ2v) is 6.51. The van der Waals surface area contributed by atoms with E-state index < -0.39 is 0 Å². The maximum atomic E-state index is 12.4. The number of hydrogen-bond donors (Lipinski definition) is 2. The maximum Gasteiger partial charge on any atom is 0.271 e. The molecule has 6 heteroatoms. The van der Waals surface area contributed by atoms with Gasteiger partial charge in [-0.15, -0.1) is 11.3 Å². The summed E-state index contributed by atoms with van der Waals surface area (Å²) >= 11 is 1.47. The highest BCUT2D eigenvalue weighted by molar-refractivity contribution is 7.09. The fourth-order valence-electron chi connectivity index (χ4n) is 2.24. The van der Waals surface area contributed by atoms with Crippen LogP contribution in [0.5, 0.6) is 0 Å². The number of thiazole rings is 1. The third-order valence-electron chi connectivity index (χ3n) is 3.44. The third kappa shape index (κ3) is 3.90. The van der Waals surface area contributed by atoms with E-state index in [1.54, 1.807) is 11.6 Å². The summed E-state index contributed by atoms with van der Waals surface area (Å²) in [6.45, 7) is 6.68. The molecular formula is C16H22N4OS. The summed E-state index contributed by atoms with van der Waals surface area (Å²) in [4.78, 5) is 21.2. The van der Waals surface area contributed by atoms with Crippen molar-refractivity contribution in [3.8, 4) is 0 Å². The van der Waals surface area contributed by atoms with Crippen LogP contribution in [0.2, 0.25) is 0 Å². The van der Waals surface area contributed by atoms with E-state index in [2.05, 4.69) is 29.1 Å². The number of carbonyl (C=O) groups excluding carboxylic acids is 1. The van der Waals surface area contributed by atoms with Gasteiger partial charge in [0.15, 0.2) is 0 Å². The van der Waals surface area contributed by atoms with Crippen molar-refractivity contribution in [2.45, 2.75) is 33.2 Å². The number of nitrogens with two attached hydrogens (primary N) is 1. The Bertz CT molecular complexity index is 639. The molecule has 2 rings (SSSR count). The molecule has 1 amide bonds. The molecule has 2 aromatic rings. The summed E-state index contributed by atoms with van der Waals surface area (Å²) in [7, 11) is 0. The lowest BCUT2D eigenvalue weighted by Crippen LogP contribution is -2.33. The van der Waals surface area contributed by atoms with Crippen molar-refractivity contribution in [3.63, 3.8) is 0 Å². The van der Waals surface area contributed by atoms with Crippen molar-refractivity contribution in [2.75, 3.05) is 6.54 Å². The van der Waals surface area contributed by atoms with E-state index in [1.165, 1.54) is 11.3 Å². The van der Waals surface area contributed by atoms with Crippen LogP contribution < -0.4 is 11.1 Å². The Kier molecular flexibility index (Phi) is 5.63. The van der Waals surface area contributed by atoms with Crippen molar-refractivity contribution in [2.24, 2.45) is 11.7 Å². The van der Waals surface area contributed by atoms with Gasteiger partial charge in [-0.25, -0.2) is 4.98 Å². The highest BCUT2D eigenvalue weighted by Gasteiger charge is 2.22. The zero-order valence-electron chi connectivity index (χ0n) is 13.2. The Hall–Kier alpha value is -1.79. The Morgan fingerprint density at radius 2 is 2.23 bits per heavy atom. The van der Waals surface area contributed by atoms with E-state index >= 15 is 0 Å². The number of carbonyl (C=O) groups is 1. The fourth-order valence-corrected chi connectivity index (χ4v) is 3.04. The van der Waals surface area contributed by atoms with Crippen LogP contribution in [0.4, 0.5) is 0 Å². The largest absolute Gasteiger partial charge is 0.342 e. The molecule has 22 heavy (non-hydrogen) atoms. The first-order valence-corrected chi connectivity index (χ1v) is 8.27. The predicted octanol–water partition coefficient (Wildman–Crippen LogP) is 2.47. The quantitative estimate of drug-likeness (QED) is 0.857. The van der Waals surface area contributed by atoms with E-state index in [9.17, 15) is 4.79 Å². The Morgan fingerprint density at radius 3 is 2.86 bits per heavy atom. The topological polar surface area (TPSA) is 80.9 Å². The molecule has 1 unspecified atom stereocenters. The van der Waals surface area contributed by atoms with Gasteiger partial charge < -0.3 is 11.1 Å². The molecule has 2 heterocycles. The minimum absolute atomic E-state index is 0.131. The van der Waals surface area contributed by atoms with Crippen molar-refractivity contribution in [3.05, 3.63) is 45.7 Å². The van der Waals surface area contributed by atoms with Gasteiger partial charge in [-0.3, -0.25) is 9.78 Å². The van der Waals surface area contributed by atoms with Gasteiger partial charge in [0.2, 0.25) is 0 Å². The minimum Gasteiger partial charge on any atom is -0.342 e. The van der Waals surface area contributed by atoms with Crippen molar-refractivity contribution in [1.82, 2.24) is 15.3 Å². The molecule has 0 spiro atoms. The molecule has 3 N–H and O–H groups in total. The number of nitrogens with zero attached hydrogens (tertiary/aromatic N) is 2. The molecule has 0 aliphatic heterocycles. The predicted molar refractivity (Wildman–Crippen MR) is 88.9 cm³/mol. The lowest BCUT2D eigenvalue weighted by atomic mass is 9.97. The Balaban J connectivity index is 2.17. The van der Waals surface area contributed by atoms with Crippen LogP contribution >= 0.6 is 11.3 Å². The number of hydrogen-bond acceptors (Lipinski definition) is 5. The summed E-state index contributed by atoms with van der Waals surface area (Å²) in [5.74, 6) is 0.0722. The zero-order valence-corrected chi connectivity index (χ0v) is 14.0. The van der Waals surface area contributed by atoms with Crippen LogP contribution in [-0.4, -0.2) is 22.4 Å². The fraction of sp³-hybridized carbons (Fsp3) is 0.438. The molecule has 0 bridgehead atoms. The molecule has 5 nitrogen and oxygen atoms in total. The van der Waals surface area contributed by atoms with Gasteiger partial charge in [0.05, 0.1) is 16.7 Å². The normalized spacial score (nSPS) is 12.4. The van der Waals surface area contributed by atoms with Crippen molar-refractivity contribution >= 4 is 17.2 Å². The summed E-state index contributed by atoms with van der Waals surface area (Å²) in [6.07, 6.45) is 2.46. The molecule has 0 aliphatic rings. The number of aryl methyl sites for hydroxylation is 1. The van der Waals surface area contributed by atoms with Crippen LogP contribution in [0.25, 0.3) is 0 Å². The van der Waals surface area contributed by atoms with Crippen LogP contribution in [-0.2, 0) is 6.42 Å². The number of pyridine rings is 1. The molecule has 0 aliphatic carbocycles.